The molecule has 10 nitrogen and oxygen atoms in total. The van der Waals surface area contributed by atoms with Crippen LogP contribution in [-0.2, 0) is 20.7 Å². The number of fused-ring (bicyclic) bond motifs is 1. The molecule has 1 amide bonds. The zero-order valence-corrected chi connectivity index (χ0v) is 14.5. The predicted molar refractivity (Wildman–Crippen MR) is 95.9 cm³/mol. The van der Waals surface area contributed by atoms with Crippen molar-refractivity contribution in [2.75, 3.05) is 19.0 Å². The molecule has 0 bridgehead atoms. The molecule has 10 heteroatoms. The number of carbonyl (C=O) groups is 2. The number of phenolic OH excluding ortho intramolecular Hbond substituents is 1. The highest BCUT2D eigenvalue weighted by Gasteiger charge is 2.22. The van der Waals surface area contributed by atoms with E-state index in [0.29, 0.717) is 17.0 Å². The number of anilines is 1. The van der Waals surface area contributed by atoms with Crippen LogP contribution in [0.2, 0.25) is 0 Å². The number of aromatic nitrogens is 4. The molecule has 3 aromatic rings. The Morgan fingerprint density at radius 3 is 2.74 bits per heavy atom. The third-order valence-electron chi connectivity index (χ3n) is 3.84. The smallest absolute Gasteiger partial charge is 0.328 e. The van der Waals surface area contributed by atoms with Crippen LogP contribution < -0.4 is 10.6 Å². The molecule has 2 heterocycles. The molecule has 140 valence electrons. The molecular formula is C17H18N6O4. The standard InChI is InChI=1S/C17H18N6O4/c1-27-17(26)12(6-10-2-4-11(24)5-3-10)23-13(25)7-18-15-14-16(20-8-19-14)22-9-21-15/h2-5,8-9,12,24H,6-7H2,1H3,(H,23,25)(H2,18,19,20,21,22)/t12-/m0/s1. The Hall–Kier alpha value is -3.69. The molecule has 0 saturated heterocycles. The summed E-state index contributed by atoms with van der Waals surface area (Å²) in [5.41, 5.74) is 1.83. The molecule has 0 fully saturated rings. The van der Waals surface area contributed by atoms with Crippen molar-refractivity contribution in [2.45, 2.75) is 12.5 Å². The number of esters is 1. The van der Waals surface area contributed by atoms with Crippen LogP contribution in [0, 0.1) is 0 Å². The monoisotopic (exact) mass is 370 g/mol. The fourth-order valence-electron chi connectivity index (χ4n) is 2.51. The number of aromatic hydroxyl groups is 1. The number of ether oxygens (including phenoxy) is 1. The van der Waals surface area contributed by atoms with Crippen molar-refractivity contribution in [1.29, 1.82) is 0 Å². The van der Waals surface area contributed by atoms with E-state index in [1.165, 1.54) is 31.9 Å². The normalized spacial score (nSPS) is 11.7. The van der Waals surface area contributed by atoms with Gasteiger partial charge in [0.15, 0.2) is 11.5 Å². The van der Waals surface area contributed by atoms with Crippen LogP contribution in [0.3, 0.4) is 0 Å². The molecule has 0 unspecified atom stereocenters. The van der Waals surface area contributed by atoms with Gasteiger partial charge in [0.05, 0.1) is 20.0 Å². The topological polar surface area (TPSA) is 142 Å². The van der Waals surface area contributed by atoms with E-state index < -0.39 is 17.9 Å². The number of nitrogens with zero attached hydrogens (tertiary/aromatic N) is 3. The summed E-state index contributed by atoms with van der Waals surface area (Å²) < 4.78 is 4.76. The van der Waals surface area contributed by atoms with E-state index in [2.05, 4.69) is 30.6 Å². The highest BCUT2D eigenvalue weighted by molar-refractivity contribution is 5.89. The minimum absolute atomic E-state index is 0.103. The molecule has 0 aliphatic rings. The van der Waals surface area contributed by atoms with Gasteiger partial charge in [-0.25, -0.2) is 19.7 Å². The van der Waals surface area contributed by atoms with Gasteiger partial charge in [-0.05, 0) is 17.7 Å². The number of phenols is 1. The number of nitrogens with one attached hydrogen (secondary N) is 3. The van der Waals surface area contributed by atoms with Crippen molar-refractivity contribution >= 4 is 28.9 Å². The van der Waals surface area contributed by atoms with Gasteiger partial charge in [-0.2, -0.15) is 0 Å². The lowest BCUT2D eigenvalue weighted by Crippen LogP contribution is -2.45. The molecule has 0 spiro atoms. The number of H-pyrrole nitrogens is 1. The first-order valence-corrected chi connectivity index (χ1v) is 8.10. The lowest BCUT2D eigenvalue weighted by Gasteiger charge is -2.17. The van der Waals surface area contributed by atoms with Crippen molar-refractivity contribution in [2.24, 2.45) is 0 Å². The molecule has 3 rings (SSSR count). The maximum Gasteiger partial charge on any atom is 0.328 e. The number of rotatable bonds is 7. The van der Waals surface area contributed by atoms with E-state index >= 15 is 0 Å². The van der Waals surface area contributed by atoms with Crippen molar-refractivity contribution in [3.05, 3.63) is 42.5 Å². The maximum atomic E-state index is 12.3. The number of methoxy groups -OCH3 is 1. The van der Waals surface area contributed by atoms with Gasteiger partial charge in [-0.15, -0.1) is 0 Å². The Morgan fingerprint density at radius 2 is 2.00 bits per heavy atom. The molecule has 0 aliphatic carbocycles. The Morgan fingerprint density at radius 1 is 1.22 bits per heavy atom. The average Bonchev–Trinajstić information content (AvgIpc) is 3.16. The second-order valence-electron chi connectivity index (χ2n) is 5.69. The van der Waals surface area contributed by atoms with Crippen LogP contribution in [0.5, 0.6) is 5.75 Å². The van der Waals surface area contributed by atoms with Crippen molar-refractivity contribution in [3.63, 3.8) is 0 Å². The van der Waals surface area contributed by atoms with E-state index in [1.54, 1.807) is 12.1 Å². The first-order valence-electron chi connectivity index (χ1n) is 8.10. The second kappa shape index (κ2) is 8.13. The van der Waals surface area contributed by atoms with Crippen molar-refractivity contribution in [1.82, 2.24) is 25.3 Å². The van der Waals surface area contributed by atoms with Gasteiger partial charge < -0.3 is 25.5 Å². The lowest BCUT2D eigenvalue weighted by atomic mass is 10.1. The number of amides is 1. The largest absolute Gasteiger partial charge is 0.508 e. The second-order valence-corrected chi connectivity index (χ2v) is 5.69. The van der Waals surface area contributed by atoms with Crippen LogP contribution in [0.15, 0.2) is 36.9 Å². The summed E-state index contributed by atoms with van der Waals surface area (Å²) in [5, 5.41) is 14.9. The minimum atomic E-state index is -0.855. The van der Waals surface area contributed by atoms with Gasteiger partial charge in [0.2, 0.25) is 5.91 Å². The molecule has 4 N–H and O–H groups in total. The summed E-state index contributed by atoms with van der Waals surface area (Å²) >= 11 is 0. The summed E-state index contributed by atoms with van der Waals surface area (Å²) in [5.74, 6) is -0.415. The SMILES string of the molecule is COC(=O)[C@H](Cc1ccc(O)cc1)NC(=O)CNc1ncnc2nc[nH]c12. The van der Waals surface area contributed by atoms with E-state index in [0.717, 1.165) is 5.56 Å². The Labute approximate surface area is 154 Å². The predicted octanol–water partition coefficient (Wildman–Crippen LogP) is 0.371. The Kier molecular flexibility index (Phi) is 5.45. The van der Waals surface area contributed by atoms with Gasteiger partial charge in [0.1, 0.15) is 23.6 Å². The molecule has 1 aromatic carbocycles. The number of benzene rings is 1. The molecule has 2 aromatic heterocycles. The number of hydrogen-bond acceptors (Lipinski definition) is 8. The van der Waals surface area contributed by atoms with Crippen molar-refractivity contribution in [3.8, 4) is 5.75 Å². The molecule has 27 heavy (non-hydrogen) atoms. The number of aromatic amines is 1. The molecule has 0 radical (unpaired) electrons. The fourth-order valence-corrected chi connectivity index (χ4v) is 2.51. The maximum absolute atomic E-state index is 12.3. The van der Waals surface area contributed by atoms with E-state index in [-0.39, 0.29) is 18.7 Å². The minimum Gasteiger partial charge on any atom is -0.508 e. The molecular weight excluding hydrogens is 352 g/mol. The third-order valence-corrected chi connectivity index (χ3v) is 3.84. The van der Waals surface area contributed by atoms with Crippen LogP contribution >= 0.6 is 0 Å². The van der Waals surface area contributed by atoms with E-state index in [9.17, 15) is 14.7 Å². The van der Waals surface area contributed by atoms with Crippen LogP contribution in [0.1, 0.15) is 5.56 Å². The lowest BCUT2D eigenvalue weighted by molar-refractivity contribution is -0.144. The van der Waals surface area contributed by atoms with Crippen molar-refractivity contribution < 1.29 is 19.4 Å². The number of imidazole rings is 1. The molecule has 0 saturated carbocycles. The zero-order valence-electron chi connectivity index (χ0n) is 14.5. The van der Waals surface area contributed by atoms with Crippen LogP contribution in [0.4, 0.5) is 5.82 Å². The summed E-state index contributed by atoms with van der Waals surface area (Å²) in [4.78, 5) is 39.2. The Bertz CT molecular complexity index is 940. The molecule has 0 aliphatic heterocycles. The highest BCUT2D eigenvalue weighted by Crippen LogP contribution is 2.14. The molecule has 1 atom stereocenters. The van der Waals surface area contributed by atoms with Gasteiger partial charge in [-0.3, -0.25) is 4.79 Å². The van der Waals surface area contributed by atoms with Gasteiger partial charge in [0, 0.05) is 6.42 Å². The Balaban J connectivity index is 1.62. The van der Waals surface area contributed by atoms with E-state index in [1.807, 2.05) is 0 Å². The summed E-state index contributed by atoms with van der Waals surface area (Å²) in [6.45, 7) is -0.103. The van der Waals surface area contributed by atoms with Gasteiger partial charge in [0.25, 0.3) is 0 Å². The van der Waals surface area contributed by atoms with Gasteiger partial charge in [-0.1, -0.05) is 12.1 Å². The first kappa shape index (κ1) is 18.1. The third kappa shape index (κ3) is 4.48. The summed E-state index contributed by atoms with van der Waals surface area (Å²) in [7, 11) is 1.26. The zero-order chi connectivity index (χ0) is 19.2. The highest BCUT2D eigenvalue weighted by atomic mass is 16.5. The average molecular weight is 370 g/mol. The van der Waals surface area contributed by atoms with E-state index in [4.69, 9.17) is 4.74 Å². The number of hydrogen-bond donors (Lipinski definition) is 4. The quantitative estimate of drug-likeness (QED) is 0.437. The summed E-state index contributed by atoms with van der Waals surface area (Å²) in [6.07, 6.45) is 3.05. The van der Waals surface area contributed by atoms with Crippen LogP contribution in [0.25, 0.3) is 11.2 Å². The summed E-state index contributed by atoms with van der Waals surface area (Å²) in [6, 6.07) is 5.51. The van der Waals surface area contributed by atoms with Gasteiger partial charge >= 0.3 is 5.97 Å². The first-order chi connectivity index (χ1) is 13.1. The fraction of sp³-hybridized carbons (Fsp3) is 0.235. The van der Waals surface area contributed by atoms with Crippen LogP contribution in [-0.4, -0.2) is 56.6 Å². The number of carbonyl (C=O) groups excluding carboxylic acids is 2.